The van der Waals surface area contributed by atoms with Gasteiger partial charge < -0.3 is 19.9 Å². The van der Waals surface area contributed by atoms with Gasteiger partial charge in [-0.15, -0.1) is 0 Å². The predicted molar refractivity (Wildman–Crippen MR) is 82.5 cm³/mol. The molecule has 2 aromatic rings. The van der Waals surface area contributed by atoms with E-state index >= 15 is 0 Å². The van der Waals surface area contributed by atoms with E-state index in [0.29, 0.717) is 10.5 Å². The number of nitrogens with one attached hydrogen (secondary N) is 2. The van der Waals surface area contributed by atoms with Crippen molar-refractivity contribution in [2.75, 3.05) is 27.1 Å². The number of likely N-dealkylation sites (N-methyl/N-ethyl adjacent to an activating group) is 1. The van der Waals surface area contributed by atoms with E-state index in [1.165, 1.54) is 6.20 Å². The molecule has 0 unspecified atom stereocenters. The third-order valence-corrected chi connectivity index (χ3v) is 3.05. The lowest BCUT2D eigenvalue weighted by Gasteiger charge is -2.09. The first kappa shape index (κ1) is 5.65. The molecule has 2 heterocycles. The fourth-order valence-corrected chi connectivity index (χ4v) is 2.08. The second-order valence-electron chi connectivity index (χ2n) is 4.59. The molecule has 5 heteroatoms. The van der Waals surface area contributed by atoms with Crippen molar-refractivity contribution >= 4 is 17.0 Å². The van der Waals surface area contributed by atoms with Crippen molar-refractivity contribution in [3.8, 4) is 0 Å². The van der Waals surface area contributed by atoms with Crippen LogP contribution < -0.4 is 5.32 Å². The highest BCUT2D eigenvalue weighted by molar-refractivity contribution is 5.84. The van der Waals surface area contributed by atoms with Gasteiger partial charge in [-0.25, -0.2) is 4.79 Å². The summed E-state index contributed by atoms with van der Waals surface area (Å²) in [5, 5.41) is 2.16. The second kappa shape index (κ2) is 5.77. The second-order valence-corrected chi connectivity index (χ2v) is 4.59. The molecule has 0 radical (unpaired) electrons. The third kappa shape index (κ3) is 3.19. The van der Waals surface area contributed by atoms with Crippen molar-refractivity contribution in [1.82, 2.24) is 15.2 Å². The number of carbonyl (C=O) groups excluding carboxylic acids is 1. The summed E-state index contributed by atoms with van der Waals surface area (Å²) in [6.45, 7) is -8.98. The summed E-state index contributed by atoms with van der Waals surface area (Å²) in [6, 6.07) is -3.47. The Balaban J connectivity index is 2.04. The van der Waals surface area contributed by atoms with Crippen molar-refractivity contribution in [3.05, 3.63) is 35.5 Å². The number of hydrogen-bond acceptors (Lipinski definition) is 3. The van der Waals surface area contributed by atoms with Gasteiger partial charge in [-0.3, -0.25) is 0 Å². The van der Waals surface area contributed by atoms with E-state index in [2.05, 4.69) is 9.72 Å². The van der Waals surface area contributed by atoms with Crippen LogP contribution >= 0.6 is 0 Å². The number of fused-ring (bicyclic) bond motifs is 1. The summed E-state index contributed by atoms with van der Waals surface area (Å²) in [6.07, 6.45) is -0.549. The van der Waals surface area contributed by atoms with Gasteiger partial charge in [-0.2, -0.15) is 0 Å². The topological polar surface area (TPSA) is 57.4 Å². The molecule has 2 N–H and O–H groups in total. The number of aromatic nitrogens is 1. The fourth-order valence-electron chi connectivity index (χ4n) is 2.08. The van der Waals surface area contributed by atoms with Gasteiger partial charge in [0.2, 0.25) is 0 Å². The zero-order valence-electron chi connectivity index (χ0n) is 23.0. The van der Waals surface area contributed by atoms with Gasteiger partial charge in [-0.05, 0) is 50.0 Å². The highest BCUT2D eigenvalue weighted by Crippen LogP contribution is 2.21. The van der Waals surface area contributed by atoms with Crippen LogP contribution in [-0.2, 0) is 17.6 Å². The first-order valence-electron chi connectivity index (χ1n) is 12.3. The van der Waals surface area contributed by atoms with Crippen molar-refractivity contribution in [2.24, 2.45) is 0 Å². The lowest BCUT2D eigenvalue weighted by atomic mass is 10.0. The SMILES string of the molecule is [2H]c1c(C[C@]2([2H])NC(=O)OC2([2H])[2H])c([2H])c2c(CCN(C([2H])([2H])[2H])C([2H])([2H])[2H])c[nH]c2c1[2H]. The first-order valence-corrected chi connectivity index (χ1v) is 6.26. The molecule has 1 aromatic carbocycles. The number of cyclic esters (lactones) is 1. The van der Waals surface area contributed by atoms with Crippen molar-refractivity contribution in [1.29, 1.82) is 0 Å². The van der Waals surface area contributed by atoms with Gasteiger partial charge in [0.05, 0.1) is 14.2 Å². The van der Waals surface area contributed by atoms with Gasteiger partial charge in [0.1, 0.15) is 6.56 Å². The normalized spacial score (nSPS) is 33.7. The molecular formula is C16H21N3O2. The number of nitrogens with zero attached hydrogens (tertiary/aromatic N) is 1. The maximum atomic E-state index is 11.5. The quantitative estimate of drug-likeness (QED) is 0.887. The Bertz CT molecular complexity index is 1080. The number of rotatable bonds is 5. The average molecular weight is 299 g/mol. The Kier molecular flexibility index (Phi) is 1.55. The van der Waals surface area contributed by atoms with Crippen LogP contribution in [0.15, 0.2) is 24.3 Å². The maximum Gasteiger partial charge on any atom is 0.407 e. The number of hydrogen-bond donors (Lipinski definition) is 2. The Morgan fingerprint density at radius 2 is 2.52 bits per heavy atom. The Labute approximate surface area is 141 Å². The molecule has 1 fully saturated rings. The molecular weight excluding hydrogens is 266 g/mol. The number of H-pyrrole nitrogens is 1. The Morgan fingerprint density at radius 1 is 1.62 bits per heavy atom. The van der Waals surface area contributed by atoms with E-state index < -0.39 is 51.6 Å². The standard InChI is InChI=1S/C16H21N3O2/c1-19(2)6-5-12-9-17-15-4-3-11(8-14(12)15)7-13-10-21-16(20)18-13/h3-4,8-9,13,17H,5-7,10H2,1-2H3,(H,18,20)/t13-/m0/s1/i1D3,2D3,3D,4D,8D,10D2,13D. The van der Waals surface area contributed by atoms with Crippen LogP contribution in [0.4, 0.5) is 4.79 Å². The van der Waals surface area contributed by atoms with Crippen LogP contribution in [0.25, 0.3) is 10.9 Å². The van der Waals surface area contributed by atoms with Crippen LogP contribution in [0.5, 0.6) is 0 Å². The van der Waals surface area contributed by atoms with Gasteiger partial charge in [-0.1, -0.05) is 6.04 Å². The molecule has 3 rings (SSSR count). The van der Waals surface area contributed by atoms with Crippen LogP contribution in [0, 0.1) is 0 Å². The van der Waals surface area contributed by atoms with Gasteiger partial charge in [0.15, 0.2) is 0 Å². The summed E-state index contributed by atoms with van der Waals surface area (Å²) < 4.78 is 98.3. The molecule has 0 aliphatic carbocycles. The van der Waals surface area contributed by atoms with Crippen LogP contribution in [0.2, 0.25) is 0 Å². The van der Waals surface area contributed by atoms with Crippen LogP contribution in [-0.4, -0.2) is 49.1 Å². The minimum absolute atomic E-state index is 0.0896. The lowest BCUT2D eigenvalue weighted by Crippen LogP contribution is -2.28. The molecule has 1 aromatic heterocycles. The average Bonchev–Trinajstić information content (AvgIpc) is 3.13. The van der Waals surface area contributed by atoms with Crippen molar-refractivity contribution < 1.29 is 26.0 Å². The smallest absolute Gasteiger partial charge is 0.407 e. The zero-order valence-corrected chi connectivity index (χ0v) is 11.0. The summed E-state index contributed by atoms with van der Waals surface area (Å²) >= 11 is 0. The Hall–Kier alpha value is -2.01. The molecule has 1 aliphatic rings. The molecule has 21 heavy (non-hydrogen) atoms. The fraction of sp³-hybridized carbons (Fsp3) is 0.438. The summed E-state index contributed by atoms with van der Waals surface area (Å²) in [5.74, 6) is 0. The molecule has 0 spiro atoms. The number of amides is 1. The number of ether oxygens (including phenoxy) is 1. The molecule has 5 nitrogen and oxygen atoms in total. The van der Waals surface area contributed by atoms with Crippen molar-refractivity contribution in [3.63, 3.8) is 0 Å². The molecule has 1 amide bonds. The van der Waals surface area contributed by atoms with Gasteiger partial charge >= 0.3 is 6.09 Å². The largest absolute Gasteiger partial charge is 0.447 e. The minimum atomic E-state index is -2.90. The monoisotopic (exact) mass is 299 g/mol. The van der Waals surface area contributed by atoms with Crippen LogP contribution in [0.1, 0.15) is 27.6 Å². The maximum absolute atomic E-state index is 11.5. The van der Waals surface area contributed by atoms with E-state index in [0.717, 1.165) is 0 Å². The Morgan fingerprint density at radius 3 is 3.29 bits per heavy atom. The number of carbonyl (C=O) groups is 1. The summed E-state index contributed by atoms with van der Waals surface area (Å²) in [5.41, 5.74) is 0.213. The molecule has 1 aliphatic heterocycles. The third-order valence-electron chi connectivity index (χ3n) is 3.05. The summed E-state index contributed by atoms with van der Waals surface area (Å²) in [7, 11) is 0. The minimum Gasteiger partial charge on any atom is -0.447 e. The molecule has 1 atom stereocenters. The van der Waals surface area contributed by atoms with Crippen molar-refractivity contribution in [2.45, 2.75) is 18.9 Å². The van der Waals surface area contributed by atoms with E-state index in [-0.39, 0.29) is 35.0 Å². The number of aromatic amines is 1. The van der Waals surface area contributed by atoms with E-state index in [9.17, 15) is 4.79 Å². The highest BCUT2D eigenvalue weighted by Gasteiger charge is 2.22. The number of benzene rings is 1. The van der Waals surface area contributed by atoms with E-state index in [4.69, 9.17) is 16.4 Å². The molecule has 112 valence electrons. The predicted octanol–water partition coefficient (Wildman–Crippen LogP) is 1.92. The first-order chi connectivity index (χ1) is 14.9. The zero-order chi connectivity index (χ0) is 25.1. The molecule has 0 saturated carbocycles. The van der Waals surface area contributed by atoms with Gasteiger partial charge in [0, 0.05) is 31.9 Å². The van der Waals surface area contributed by atoms with E-state index in [1.807, 2.05) is 5.32 Å². The van der Waals surface area contributed by atoms with E-state index in [1.54, 1.807) is 0 Å². The lowest BCUT2D eigenvalue weighted by molar-refractivity contribution is 0.177. The molecule has 0 bridgehead atoms. The molecule has 1 saturated heterocycles. The van der Waals surface area contributed by atoms with Crippen LogP contribution in [0.3, 0.4) is 0 Å². The highest BCUT2D eigenvalue weighted by atomic mass is 16.6. The number of alkyl carbamates (subject to hydrolysis) is 1. The summed E-state index contributed by atoms with van der Waals surface area (Å²) in [4.78, 5) is 14.6. The van der Waals surface area contributed by atoms with Gasteiger partial charge in [0.25, 0.3) is 0 Å².